The average molecular weight is 188 g/mol. The second-order valence-corrected chi connectivity index (χ2v) is 3.59. The minimum atomic E-state index is -0.986. The van der Waals surface area contributed by atoms with Gasteiger partial charge in [0.15, 0.2) is 0 Å². The monoisotopic (exact) mass is 188 g/mol. The van der Waals surface area contributed by atoms with Gasteiger partial charge >= 0.3 is 6.09 Å². The Morgan fingerprint density at radius 3 is 2.69 bits per heavy atom. The number of rotatable bonds is 0. The van der Waals surface area contributed by atoms with Crippen LogP contribution in [0.15, 0.2) is 0 Å². The molecule has 1 amide bonds. The maximum absolute atomic E-state index is 10.7. The zero-order valence-electron chi connectivity index (χ0n) is 7.68. The van der Waals surface area contributed by atoms with Crippen LogP contribution in [0.3, 0.4) is 0 Å². The molecule has 1 aliphatic rings. The number of nitrogens with zero attached hydrogens (tertiary/aromatic N) is 1. The van der Waals surface area contributed by atoms with E-state index in [0.717, 1.165) is 0 Å². The van der Waals surface area contributed by atoms with Crippen molar-refractivity contribution in [2.45, 2.75) is 38.0 Å². The lowest BCUT2D eigenvalue weighted by Gasteiger charge is -2.25. The third-order valence-electron chi connectivity index (χ3n) is 2.57. The third kappa shape index (κ3) is 2.32. The largest absolute Gasteiger partial charge is 0.465 e. The molecule has 5 heteroatoms. The van der Waals surface area contributed by atoms with Crippen LogP contribution in [0, 0.1) is 0 Å². The molecule has 1 rings (SSSR count). The van der Waals surface area contributed by atoms with Crippen molar-refractivity contribution in [2.75, 3.05) is 6.54 Å². The smallest absolute Gasteiger partial charge is 0.407 e. The zero-order chi connectivity index (χ0) is 10.0. The van der Waals surface area contributed by atoms with E-state index in [9.17, 15) is 9.90 Å². The lowest BCUT2D eigenvalue weighted by atomic mass is 10.1. The highest BCUT2D eigenvalue weighted by Gasteiger charge is 2.29. The Bertz CT molecular complexity index is 198. The first-order valence-corrected chi connectivity index (χ1v) is 4.45. The van der Waals surface area contributed by atoms with Crippen LogP contribution in [0.5, 0.6) is 0 Å². The van der Waals surface area contributed by atoms with Crippen molar-refractivity contribution in [2.24, 2.45) is 5.73 Å². The van der Waals surface area contributed by atoms with Crippen molar-refractivity contribution in [1.82, 2.24) is 4.90 Å². The van der Waals surface area contributed by atoms with E-state index < -0.39 is 12.2 Å². The molecule has 0 aromatic carbocycles. The fourth-order valence-corrected chi connectivity index (χ4v) is 1.57. The van der Waals surface area contributed by atoms with Crippen molar-refractivity contribution in [1.29, 1.82) is 0 Å². The molecule has 0 bridgehead atoms. The van der Waals surface area contributed by atoms with E-state index in [1.807, 2.05) is 6.92 Å². The van der Waals surface area contributed by atoms with Gasteiger partial charge < -0.3 is 20.8 Å². The zero-order valence-corrected chi connectivity index (χ0v) is 7.68. The van der Waals surface area contributed by atoms with Crippen LogP contribution < -0.4 is 5.73 Å². The topological polar surface area (TPSA) is 86.8 Å². The van der Waals surface area contributed by atoms with Gasteiger partial charge in [0.1, 0.15) is 0 Å². The summed E-state index contributed by atoms with van der Waals surface area (Å²) < 4.78 is 0. The van der Waals surface area contributed by atoms with E-state index in [1.165, 1.54) is 4.90 Å². The molecular weight excluding hydrogens is 172 g/mol. The second kappa shape index (κ2) is 3.93. The normalized spacial score (nSPS) is 35.6. The lowest BCUT2D eigenvalue weighted by molar-refractivity contribution is 0.0833. The van der Waals surface area contributed by atoms with E-state index in [4.69, 9.17) is 10.8 Å². The first-order valence-electron chi connectivity index (χ1n) is 4.45. The molecule has 1 fully saturated rings. The van der Waals surface area contributed by atoms with E-state index in [1.54, 1.807) is 0 Å². The van der Waals surface area contributed by atoms with E-state index in [2.05, 4.69) is 0 Å². The molecule has 0 saturated carbocycles. The predicted molar refractivity (Wildman–Crippen MR) is 47.4 cm³/mol. The molecule has 4 N–H and O–H groups in total. The number of likely N-dealkylation sites (tertiary alicyclic amines) is 1. The Balaban J connectivity index is 2.68. The summed E-state index contributed by atoms with van der Waals surface area (Å²) in [6, 6.07) is -0.354. The van der Waals surface area contributed by atoms with Gasteiger partial charge in [0.2, 0.25) is 0 Å². The number of hydrogen-bond donors (Lipinski definition) is 3. The Labute approximate surface area is 77.1 Å². The number of carbonyl (C=O) groups is 1. The number of hydrogen-bond acceptors (Lipinski definition) is 3. The molecule has 3 atom stereocenters. The van der Waals surface area contributed by atoms with Gasteiger partial charge in [-0.2, -0.15) is 0 Å². The molecule has 0 aromatic rings. The third-order valence-corrected chi connectivity index (χ3v) is 2.57. The second-order valence-electron chi connectivity index (χ2n) is 3.59. The molecule has 0 radical (unpaired) electrons. The Hall–Kier alpha value is -0.810. The molecule has 13 heavy (non-hydrogen) atoms. The quantitative estimate of drug-likeness (QED) is 0.493. The molecule has 1 saturated heterocycles. The van der Waals surface area contributed by atoms with E-state index >= 15 is 0 Å². The predicted octanol–water partition coefficient (Wildman–Crippen LogP) is -0.163. The van der Waals surface area contributed by atoms with Gasteiger partial charge in [-0.25, -0.2) is 4.79 Å². The van der Waals surface area contributed by atoms with Crippen molar-refractivity contribution >= 4 is 6.09 Å². The van der Waals surface area contributed by atoms with Crippen LogP contribution in [0.2, 0.25) is 0 Å². The molecule has 76 valence electrons. The van der Waals surface area contributed by atoms with Gasteiger partial charge in [0, 0.05) is 12.1 Å². The summed E-state index contributed by atoms with van der Waals surface area (Å²) in [6.07, 6.45) is -0.335. The first kappa shape index (κ1) is 10.3. The highest BCUT2D eigenvalue weighted by molar-refractivity contribution is 5.65. The minimum Gasteiger partial charge on any atom is -0.465 e. The molecule has 1 heterocycles. The summed E-state index contributed by atoms with van der Waals surface area (Å²) in [6.45, 7) is 1.95. The minimum absolute atomic E-state index is 0.0549. The van der Waals surface area contributed by atoms with E-state index in [0.29, 0.717) is 12.8 Å². The number of nitrogens with two attached hydrogens (primary N) is 1. The number of carboxylic acid groups (broad SMARTS) is 1. The molecule has 0 aliphatic carbocycles. The number of amides is 1. The van der Waals surface area contributed by atoms with Crippen molar-refractivity contribution in [3.8, 4) is 0 Å². The van der Waals surface area contributed by atoms with Crippen LogP contribution in [0.25, 0.3) is 0 Å². The highest BCUT2D eigenvalue weighted by atomic mass is 16.4. The maximum atomic E-state index is 10.7. The molecule has 0 aromatic heterocycles. The van der Waals surface area contributed by atoms with Crippen LogP contribution in [-0.4, -0.2) is 45.9 Å². The van der Waals surface area contributed by atoms with Crippen molar-refractivity contribution in [3.05, 3.63) is 0 Å². The Morgan fingerprint density at radius 2 is 2.15 bits per heavy atom. The van der Waals surface area contributed by atoms with Crippen LogP contribution in [0.4, 0.5) is 4.79 Å². The fourth-order valence-electron chi connectivity index (χ4n) is 1.57. The first-order chi connectivity index (χ1) is 6.02. The van der Waals surface area contributed by atoms with Gasteiger partial charge in [-0.1, -0.05) is 0 Å². The molecular formula is C8H16N2O3. The number of β-amino-alcohol motifs (C(OH)–C–C–N with tert-alkyl or cyclic N) is 1. The van der Waals surface area contributed by atoms with Crippen molar-refractivity contribution < 1.29 is 15.0 Å². The highest BCUT2D eigenvalue weighted by Crippen LogP contribution is 2.16. The molecule has 3 unspecified atom stereocenters. The lowest BCUT2D eigenvalue weighted by Crippen LogP contribution is -2.44. The van der Waals surface area contributed by atoms with Crippen LogP contribution >= 0.6 is 0 Å². The van der Waals surface area contributed by atoms with Gasteiger partial charge in [-0.15, -0.1) is 0 Å². The summed E-state index contributed by atoms with van der Waals surface area (Å²) in [5, 5.41) is 18.3. The van der Waals surface area contributed by atoms with Gasteiger partial charge in [0.25, 0.3) is 0 Å². The van der Waals surface area contributed by atoms with E-state index in [-0.39, 0.29) is 18.6 Å². The van der Waals surface area contributed by atoms with Crippen LogP contribution in [-0.2, 0) is 0 Å². The maximum Gasteiger partial charge on any atom is 0.407 e. The summed E-state index contributed by atoms with van der Waals surface area (Å²) >= 11 is 0. The summed E-state index contributed by atoms with van der Waals surface area (Å²) in [4.78, 5) is 12.0. The van der Waals surface area contributed by atoms with Gasteiger partial charge in [-0.3, -0.25) is 0 Å². The van der Waals surface area contributed by atoms with Crippen molar-refractivity contribution in [3.63, 3.8) is 0 Å². The SMILES string of the molecule is CC1CCC(N)C(O)CN1C(=O)O. The fraction of sp³-hybridized carbons (Fsp3) is 0.875. The van der Waals surface area contributed by atoms with Crippen LogP contribution in [0.1, 0.15) is 19.8 Å². The Morgan fingerprint density at radius 1 is 1.54 bits per heavy atom. The number of aliphatic hydroxyl groups is 1. The van der Waals surface area contributed by atoms with Gasteiger partial charge in [0.05, 0.1) is 12.6 Å². The molecule has 5 nitrogen and oxygen atoms in total. The average Bonchev–Trinajstić information content (AvgIpc) is 2.18. The molecule has 1 aliphatic heterocycles. The molecule has 0 spiro atoms. The summed E-state index contributed by atoms with van der Waals surface area (Å²) in [5.41, 5.74) is 5.63. The standard InChI is InChI=1S/C8H16N2O3/c1-5-2-3-6(9)7(11)4-10(5)8(12)13/h5-7,11H,2-4,9H2,1H3,(H,12,13). The summed E-state index contributed by atoms with van der Waals surface area (Å²) in [5.74, 6) is 0. The Kier molecular flexibility index (Phi) is 3.11. The summed E-state index contributed by atoms with van der Waals surface area (Å²) in [7, 11) is 0. The van der Waals surface area contributed by atoms with Gasteiger partial charge in [-0.05, 0) is 19.8 Å². The number of aliphatic hydroxyl groups excluding tert-OH is 1.